The molecular formula is C13H24N2O2. The van der Waals surface area contributed by atoms with E-state index in [1.807, 2.05) is 4.90 Å². The maximum Gasteiger partial charge on any atom is 0.228 e. The third-order valence-corrected chi connectivity index (χ3v) is 4.15. The van der Waals surface area contributed by atoms with E-state index >= 15 is 0 Å². The Morgan fingerprint density at radius 2 is 2.24 bits per heavy atom. The molecule has 4 heteroatoms. The van der Waals surface area contributed by atoms with Crippen LogP contribution in [0.1, 0.15) is 32.6 Å². The van der Waals surface area contributed by atoms with Crippen molar-refractivity contribution in [3.63, 3.8) is 0 Å². The number of nitrogens with two attached hydrogens (primary N) is 1. The third-order valence-electron chi connectivity index (χ3n) is 4.15. The predicted molar refractivity (Wildman–Crippen MR) is 66.5 cm³/mol. The van der Waals surface area contributed by atoms with Gasteiger partial charge in [-0.25, -0.2) is 0 Å². The van der Waals surface area contributed by atoms with Crippen molar-refractivity contribution in [3.05, 3.63) is 0 Å². The summed E-state index contributed by atoms with van der Waals surface area (Å²) in [6.45, 7) is 5.07. The molecule has 0 aromatic heterocycles. The standard InChI is InChI=1S/C13H24N2O2/c1-10-4-2-6-15(12(10)8-14)13(16)11-5-3-7-17-9-11/h10-12H,2-9,14H2,1H3/t10-,11+,12+/m1/s1. The lowest BCUT2D eigenvalue weighted by atomic mass is 9.89. The van der Waals surface area contributed by atoms with Crippen LogP contribution in [-0.2, 0) is 9.53 Å². The molecule has 17 heavy (non-hydrogen) atoms. The Kier molecular flexibility index (Phi) is 4.40. The van der Waals surface area contributed by atoms with Gasteiger partial charge in [0.05, 0.1) is 12.5 Å². The van der Waals surface area contributed by atoms with E-state index in [1.165, 1.54) is 6.42 Å². The van der Waals surface area contributed by atoms with Crippen LogP contribution >= 0.6 is 0 Å². The number of carbonyl (C=O) groups excluding carboxylic acids is 1. The quantitative estimate of drug-likeness (QED) is 0.783. The van der Waals surface area contributed by atoms with E-state index in [4.69, 9.17) is 10.5 Å². The van der Waals surface area contributed by atoms with Crippen LogP contribution in [0.3, 0.4) is 0 Å². The monoisotopic (exact) mass is 240 g/mol. The van der Waals surface area contributed by atoms with E-state index in [0.717, 1.165) is 32.4 Å². The summed E-state index contributed by atoms with van der Waals surface area (Å²) in [4.78, 5) is 14.5. The van der Waals surface area contributed by atoms with Crippen molar-refractivity contribution in [2.75, 3.05) is 26.3 Å². The predicted octanol–water partition coefficient (Wildman–Crippen LogP) is 0.999. The molecule has 4 nitrogen and oxygen atoms in total. The molecule has 2 aliphatic heterocycles. The van der Waals surface area contributed by atoms with Crippen LogP contribution in [0.4, 0.5) is 0 Å². The minimum absolute atomic E-state index is 0.0723. The first-order valence-electron chi connectivity index (χ1n) is 6.82. The molecule has 0 bridgehead atoms. The van der Waals surface area contributed by atoms with Gasteiger partial charge in [-0.1, -0.05) is 6.92 Å². The molecule has 2 fully saturated rings. The van der Waals surface area contributed by atoms with Crippen LogP contribution in [0.2, 0.25) is 0 Å². The van der Waals surface area contributed by atoms with E-state index in [0.29, 0.717) is 19.1 Å². The van der Waals surface area contributed by atoms with Crippen molar-refractivity contribution in [1.29, 1.82) is 0 Å². The lowest BCUT2D eigenvalue weighted by Crippen LogP contribution is -2.53. The summed E-state index contributed by atoms with van der Waals surface area (Å²) < 4.78 is 5.41. The Morgan fingerprint density at radius 3 is 2.88 bits per heavy atom. The Bertz CT molecular complexity index is 264. The topological polar surface area (TPSA) is 55.6 Å². The first kappa shape index (κ1) is 12.8. The summed E-state index contributed by atoms with van der Waals surface area (Å²) in [5.41, 5.74) is 5.83. The molecule has 98 valence electrons. The Hall–Kier alpha value is -0.610. The zero-order valence-corrected chi connectivity index (χ0v) is 10.7. The van der Waals surface area contributed by atoms with Gasteiger partial charge in [0.25, 0.3) is 0 Å². The minimum Gasteiger partial charge on any atom is -0.381 e. The Labute approximate surface area is 103 Å². The summed E-state index contributed by atoms with van der Waals surface area (Å²) in [5.74, 6) is 0.872. The van der Waals surface area contributed by atoms with Crippen LogP contribution in [-0.4, -0.2) is 43.2 Å². The van der Waals surface area contributed by atoms with Crippen LogP contribution in [0.15, 0.2) is 0 Å². The van der Waals surface area contributed by atoms with E-state index in [-0.39, 0.29) is 17.9 Å². The maximum atomic E-state index is 12.5. The van der Waals surface area contributed by atoms with Crippen molar-refractivity contribution < 1.29 is 9.53 Å². The lowest BCUT2D eigenvalue weighted by Gasteiger charge is -2.41. The number of hydrogen-bond acceptors (Lipinski definition) is 3. The molecule has 1 amide bonds. The molecule has 3 atom stereocenters. The largest absolute Gasteiger partial charge is 0.381 e. The number of amides is 1. The van der Waals surface area contributed by atoms with Crippen molar-refractivity contribution in [2.24, 2.45) is 17.6 Å². The highest BCUT2D eigenvalue weighted by Crippen LogP contribution is 2.26. The Morgan fingerprint density at radius 1 is 1.41 bits per heavy atom. The van der Waals surface area contributed by atoms with Crippen LogP contribution < -0.4 is 5.73 Å². The van der Waals surface area contributed by atoms with Crippen molar-refractivity contribution >= 4 is 5.91 Å². The summed E-state index contributed by atoms with van der Waals surface area (Å²) in [6.07, 6.45) is 4.28. The highest BCUT2D eigenvalue weighted by atomic mass is 16.5. The zero-order chi connectivity index (χ0) is 12.3. The van der Waals surface area contributed by atoms with Crippen LogP contribution in [0, 0.1) is 11.8 Å². The molecule has 2 heterocycles. The second-order valence-corrected chi connectivity index (χ2v) is 5.37. The lowest BCUT2D eigenvalue weighted by molar-refractivity contribution is -0.144. The molecule has 0 unspecified atom stereocenters. The summed E-state index contributed by atoms with van der Waals surface area (Å²) in [6, 6.07) is 0.234. The van der Waals surface area contributed by atoms with Gasteiger partial charge in [0.2, 0.25) is 5.91 Å². The molecule has 0 aliphatic carbocycles. The van der Waals surface area contributed by atoms with Gasteiger partial charge in [0.15, 0.2) is 0 Å². The zero-order valence-electron chi connectivity index (χ0n) is 10.7. The molecule has 2 rings (SSSR count). The molecule has 2 aliphatic rings. The van der Waals surface area contributed by atoms with Gasteiger partial charge < -0.3 is 15.4 Å². The number of hydrogen-bond donors (Lipinski definition) is 1. The number of rotatable bonds is 2. The molecule has 2 saturated heterocycles. The third kappa shape index (κ3) is 2.80. The average molecular weight is 240 g/mol. The second-order valence-electron chi connectivity index (χ2n) is 5.37. The van der Waals surface area contributed by atoms with E-state index in [2.05, 4.69) is 6.92 Å². The molecule has 0 spiro atoms. The smallest absolute Gasteiger partial charge is 0.228 e. The second kappa shape index (κ2) is 5.83. The van der Waals surface area contributed by atoms with Gasteiger partial charge >= 0.3 is 0 Å². The van der Waals surface area contributed by atoms with E-state index in [9.17, 15) is 4.79 Å². The van der Waals surface area contributed by atoms with Gasteiger partial charge in [-0.3, -0.25) is 4.79 Å². The van der Waals surface area contributed by atoms with Gasteiger partial charge in [-0.2, -0.15) is 0 Å². The SMILES string of the molecule is C[C@@H]1CCCN(C(=O)[C@H]2CCCOC2)[C@H]1CN. The summed E-state index contributed by atoms with van der Waals surface area (Å²) in [5, 5.41) is 0. The van der Waals surface area contributed by atoms with E-state index in [1.54, 1.807) is 0 Å². The number of ether oxygens (including phenoxy) is 1. The van der Waals surface area contributed by atoms with Crippen molar-refractivity contribution in [1.82, 2.24) is 4.90 Å². The first-order chi connectivity index (χ1) is 8.24. The summed E-state index contributed by atoms with van der Waals surface area (Å²) >= 11 is 0. The van der Waals surface area contributed by atoms with Gasteiger partial charge in [-0.05, 0) is 31.6 Å². The molecule has 0 radical (unpaired) electrons. The normalized spacial score (nSPS) is 34.7. The molecule has 0 aromatic carbocycles. The maximum absolute atomic E-state index is 12.5. The summed E-state index contributed by atoms with van der Waals surface area (Å²) in [7, 11) is 0. The highest BCUT2D eigenvalue weighted by molar-refractivity contribution is 5.79. The molecule has 0 aromatic rings. The highest BCUT2D eigenvalue weighted by Gasteiger charge is 2.34. The number of carbonyl (C=O) groups is 1. The van der Waals surface area contributed by atoms with Crippen LogP contribution in [0.25, 0.3) is 0 Å². The van der Waals surface area contributed by atoms with Gasteiger partial charge in [-0.15, -0.1) is 0 Å². The first-order valence-corrected chi connectivity index (χ1v) is 6.82. The molecule has 0 saturated carbocycles. The fraction of sp³-hybridized carbons (Fsp3) is 0.923. The molecular weight excluding hydrogens is 216 g/mol. The van der Waals surface area contributed by atoms with Crippen molar-refractivity contribution in [3.8, 4) is 0 Å². The average Bonchev–Trinajstić information content (AvgIpc) is 2.38. The number of nitrogens with zero attached hydrogens (tertiary/aromatic N) is 1. The van der Waals surface area contributed by atoms with Crippen LogP contribution in [0.5, 0.6) is 0 Å². The fourth-order valence-electron chi connectivity index (χ4n) is 3.05. The number of likely N-dealkylation sites (tertiary alicyclic amines) is 1. The number of piperidine rings is 1. The molecule has 2 N–H and O–H groups in total. The Balaban J connectivity index is 2.00. The van der Waals surface area contributed by atoms with Crippen molar-refractivity contribution in [2.45, 2.75) is 38.6 Å². The van der Waals surface area contributed by atoms with E-state index < -0.39 is 0 Å². The fourth-order valence-corrected chi connectivity index (χ4v) is 3.05. The van der Waals surface area contributed by atoms with Gasteiger partial charge in [0.1, 0.15) is 0 Å². The minimum atomic E-state index is 0.0723. The van der Waals surface area contributed by atoms with Gasteiger partial charge in [0, 0.05) is 25.7 Å².